The third kappa shape index (κ3) is 7.26. The number of carbonyl (C=O) groups is 1. The minimum Gasteiger partial charge on any atom is -0.407 e. The molecule has 0 unspecified atom stereocenters. The Balaban J connectivity index is 2.93. The monoisotopic (exact) mass is 362 g/mol. The van der Waals surface area contributed by atoms with Crippen molar-refractivity contribution in [2.75, 3.05) is 0 Å². The zero-order valence-corrected chi connectivity index (χ0v) is 17.8. The van der Waals surface area contributed by atoms with Gasteiger partial charge in [-0.25, -0.2) is 0 Å². The molecule has 1 aromatic carbocycles. The number of benzene rings is 1. The molecule has 2 atom stereocenters. The first-order valence-electron chi connectivity index (χ1n) is 9.04. The molecule has 0 aliphatic heterocycles. The Morgan fingerprint density at radius 3 is 2.12 bits per heavy atom. The average molecular weight is 363 g/mol. The lowest BCUT2D eigenvalue weighted by atomic mass is 10.1. The fraction of sp³-hybridized carbons (Fsp3) is 0.571. The molecule has 4 heteroatoms. The van der Waals surface area contributed by atoms with Crippen molar-refractivity contribution in [1.29, 1.82) is 0 Å². The number of allylic oxidation sites excluding steroid dienone is 1. The van der Waals surface area contributed by atoms with Crippen molar-refractivity contribution >= 4 is 14.6 Å². The second-order valence-corrected chi connectivity index (χ2v) is 13.1. The molecule has 1 rings (SSSR count). The Hall–Kier alpha value is -1.23. The topological polar surface area (TPSA) is 35.5 Å². The molecule has 0 amide bonds. The van der Waals surface area contributed by atoms with Crippen molar-refractivity contribution in [1.82, 2.24) is 0 Å². The van der Waals surface area contributed by atoms with Crippen LogP contribution in [0.15, 0.2) is 42.5 Å². The van der Waals surface area contributed by atoms with E-state index in [2.05, 4.69) is 53.8 Å². The van der Waals surface area contributed by atoms with Crippen LogP contribution in [0.2, 0.25) is 18.1 Å². The van der Waals surface area contributed by atoms with E-state index < -0.39 is 14.4 Å². The van der Waals surface area contributed by atoms with Crippen LogP contribution in [0.4, 0.5) is 0 Å². The molecule has 0 spiro atoms. The summed E-state index contributed by atoms with van der Waals surface area (Å²) in [6, 6.07) is 9.90. The number of hydrogen-bond acceptors (Lipinski definition) is 3. The summed E-state index contributed by atoms with van der Waals surface area (Å²) in [4.78, 5) is 11.7. The Bertz CT molecular complexity index is 544. The fourth-order valence-corrected chi connectivity index (χ4v) is 3.29. The van der Waals surface area contributed by atoms with Gasteiger partial charge in [0.15, 0.2) is 14.6 Å². The van der Waals surface area contributed by atoms with Gasteiger partial charge in [0.25, 0.3) is 0 Å². The summed E-state index contributed by atoms with van der Waals surface area (Å²) in [6.45, 7) is 15.6. The third-order valence-electron chi connectivity index (χ3n) is 4.67. The smallest absolute Gasteiger partial charge is 0.193 e. The summed E-state index contributed by atoms with van der Waals surface area (Å²) in [5.41, 5.74) is 1.05. The fourth-order valence-electron chi connectivity index (χ4n) is 2.04. The van der Waals surface area contributed by atoms with Gasteiger partial charge in [0.2, 0.25) is 0 Å². The van der Waals surface area contributed by atoms with E-state index in [-0.39, 0.29) is 11.1 Å². The Morgan fingerprint density at radius 1 is 1.04 bits per heavy atom. The zero-order valence-electron chi connectivity index (χ0n) is 16.8. The number of aldehydes is 1. The molecule has 0 heterocycles. The van der Waals surface area contributed by atoms with E-state index in [1.165, 1.54) is 0 Å². The SMILES string of the molecule is CC(C)/C=C/[C@@H](O[Si](C)(C)C(C)(C)C)[C@@H](C=O)OCc1ccccc1. The van der Waals surface area contributed by atoms with E-state index in [1.807, 2.05) is 36.4 Å². The molecule has 0 aliphatic rings. The molecule has 0 saturated carbocycles. The number of rotatable bonds is 9. The molecule has 25 heavy (non-hydrogen) atoms. The lowest BCUT2D eigenvalue weighted by molar-refractivity contribution is -0.123. The van der Waals surface area contributed by atoms with Crippen LogP contribution in [0, 0.1) is 5.92 Å². The van der Waals surface area contributed by atoms with E-state index in [1.54, 1.807) is 0 Å². The molecule has 0 bridgehead atoms. The molecule has 140 valence electrons. The molecule has 0 radical (unpaired) electrons. The summed E-state index contributed by atoms with van der Waals surface area (Å²) < 4.78 is 12.4. The lowest BCUT2D eigenvalue weighted by Crippen LogP contribution is -2.47. The molecule has 0 aromatic heterocycles. The van der Waals surface area contributed by atoms with Crippen LogP contribution in [0.3, 0.4) is 0 Å². The molecular weight excluding hydrogens is 328 g/mol. The van der Waals surface area contributed by atoms with E-state index in [4.69, 9.17) is 9.16 Å². The summed E-state index contributed by atoms with van der Waals surface area (Å²) in [7, 11) is -2.02. The highest BCUT2D eigenvalue weighted by molar-refractivity contribution is 6.74. The highest BCUT2D eigenvalue weighted by Crippen LogP contribution is 2.38. The van der Waals surface area contributed by atoms with Crippen LogP contribution in [0.25, 0.3) is 0 Å². The van der Waals surface area contributed by atoms with E-state index >= 15 is 0 Å². The third-order valence-corrected chi connectivity index (χ3v) is 9.14. The standard InChI is InChI=1S/C21H34O3Si/c1-17(2)13-14-19(24-25(6,7)21(3,4)5)20(15-22)23-16-18-11-9-8-10-12-18/h8-15,17,19-20H,16H2,1-7H3/b14-13+/t19-,20-/m1/s1. The van der Waals surface area contributed by atoms with Crippen LogP contribution in [0.1, 0.15) is 40.2 Å². The maximum absolute atomic E-state index is 11.7. The van der Waals surface area contributed by atoms with Gasteiger partial charge in [0, 0.05) is 0 Å². The van der Waals surface area contributed by atoms with E-state index in [9.17, 15) is 4.79 Å². The van der Waals surface area contributed by atoms with Gasteiger partial charge in [-0.05, 0) is 29.6 Å². The van der Waals surface area contributed by atoms with Gasteiger partial charge in [-0.1, -0.05) is 77.1 Å². The highest BCUT2D eigenvalue weighted by Gasteiger charge is 2.40. The summed E-state index contributed by atoms with van der Waals surface area (Å²) in [6.07, 6.45) is 3.98. The summed E-state index contributed by atoms with van der Waals surface area (Å²) >= 11 is 0. The Labute approximate surface area is 154 Å². The summed E-state index contributed by atoms with van der Waals surface area (Å²) in [5.74, 6) is 0.395. The van der Waals surface area contributed by atoms with Crippen molar-refractivity contribution < 1.29 is 14.0 Å². The lowest BCUT2D eigenvalue weighted by Gasteiger charge is -2.39. The van der Waals surface area contributed by atoms with Crippen LogP contribution in [0.5, 0.6) is 0 Å². The number of carbonyl (C=O) groups excluding carboxylic acids is 1. The van der Waals surface area contributed by atoms with Crippen molar-refractivity contribution in [3.8, 4) is 0 Å². The quantitative estimate of drug-likeness (QED) is 0.336. The maximum Gasteiger partial charge on any atom is 0.193 e. The van der Waals surface area contributed by atoms with Gasteiger partial charge < -0.3 is 14.0 Å². The second-order valence-electron chi connectivity index (χ2n) is 8.37. The molecule has 0 aliphatic carbocycles. The molecule has 3 nitrogen and oxygen atoms in total. The van der Waals surface area contributed by atoms with E-state index in [0.717, 1.165) is 11.8 Å². The van der Waals surface area contributed by atoms with Crippen molar-refractivity contribution in [3.63, 3.8) is 0 Å². The van der Waals surface area contributed by atoms with Gasteiger partial charge in [-0.2, -0.15) is 0 Å². The average Bonchev–Trinajstić information content (AvgIpc) is 2.52. The zero-order chi connectivity index (χ0) is 19.1. The molecule has 0 saturated heterocycles. The molecule has 1 aromatic rings. The van der Waals surface area contributed by atoms with Gasteiger partial charge >= 0.3 is 0 Å². The Morgan fingerprint density at radius 2 is 1.64 bits per heavy atom. The largest absolute Gasteiger partial charge is 0.407 e. The first-order valence-corrected chi connectivity index (χ1v) is 11.9. The normalized spacial score (nSPS) is 15.5. The predicted molar refractivity (Wildman–Crippen MR) is 107 cm³/mol. The minimum absolute atomic E-state index is 0.0732. The van der Waals surface area contributed by atoms with Crippen LogP contribution in [-0.4, -0.2) is 26.8 Å². The molecular formula is C21H34O3Si. The first-order chi connectivity index (χ1) is 11.6. The van der Waals surface area contributed by atoms with Gasteiger partial charge in [0.1, 0.15) is 6.10 Å². The van der Waals surface area contributed by atoms with Crippen molar-refractivity contribution in [2.45, 2.75) is 71.6 Å². The van der Waals surface area contributed by atoms with Crippen LogP contribution in [-0.2, 0) is 20.6 Å². The molecule has 0 fully saturated rings. The molecule has 0 N–H and O–H groups in total. The van der Waals surface area contributed by atoms with Gasteiger partial charge in [-0.3, -0.25) is 0 Å². The predicted octanol–water partition coefficient (Wildman–Crippen LogP) is 5.37. The van der Waals surface area contributed by atoms with Gasteiger partial charge in [0.05, 0.1) is 12.7 Å². The summed E-state index contributed by atoms with van der Waals surface area (Å²) in [5, 5.41) is 0.0732. The van der Waals surface area contributed by atoms with Crippen LogP contribution < -0.4 is 0 Å². The number of ether oxygens (including phenoxy) is 1. The highest BCUT2D eigenvalue weighted by atomic mass is 28.4. The first kappa shape index (κ1) is 21.8. The van der Waals surface area contributed by atoms with Crippen molar-refractivity contribution in [3.05, 3.63) is 48.0 Å². The van der Waals surface area contributed by atoms with Crippen LogP contribution >= 0.6 is 0 Å². The minimum atomic E-state index is -2.02. The Kier molecular flexibility index (Phi) is 8.25. The van der Waals surface area contributed by atoms with Gasteiger partial charge in [-0.15, -0.1) is 0 Å². The van der Waals surface area contributed by atoms with Crippen molar-refractivity contribution in [2.24, 2.45) is 5.92 Å². The second kappa shape index (κ2) is 9.46. The number of hydrogen-bond donors (Lipinski definition) is 0. The maximum atomic E-state index is 11.7. The van der Waals surface area contributed by atoms with E-state index in [0.29, 0.717) is 12.5 Å².